The number of amidine groups is 1. The molecular weight excluding hydrogens is 638 g/mol. The number of hydrogen-bond acceptors (Lipinski definition) is 7. The molecule has 0 unspecified atom stereocenters. The SMILES string of the molecule is Cc1nc(CC(N)=O)nc(C)c1-c1cc(F)c(CC2CCC2)c(N2CC[C@]3(C[C@@H]2C)N=C(c2ccc(C(F)(F)F)nc2C2CC2)NC3=O)c1. The van der Waals surface area contributed by atoms with Gasteiger partial charge in [-0.3, -0.25) is 14.6 Å². The van der Waals surface area contributed by atoms with Crippen molar-refractivity contribution in [3.8, 4) is 11.1 Å². The van der Waals surface area contributed by atoms with Crippen LogP contribution < -0.4 is 16.0 Å². The van der Waals surface area contributed by atoms with E-state index < -0.39 is 23.3 Å². The van der Waals surface area contributed by atoms with Crippen LogP contribution >= 0.6 is 0 Å². The summed E-state index contributed by atoms with van der Waals surface area (Å²) in [5.41, 5.74) is 8.00. The van der Waals surface area contributed by atoms with Crippen LogP contribution in [0, 0.1) is 25.6 Å². The molecule has 2 aromatic heterocycles. The fraction of sp³-hybridized carbons (Fsp3) is 0.500. The van der Waals surface area contributed by atoms with Crippen LogP contribution in [0.15, 0.2) is 29.3 Å². The number of aryl methyl sites for hydroxylation is 2. The van der Waals surface area contributed by atoms with Crippen molar-refractivity contribution in [3.05, 3.63) is 69.8 Å². The lowest BCUT2D eigenvalue weighted by Crippen LogP contribution is -2.53. The number of aliphatic imine (C=N–C) groups is 1. The fourth-order valence-corrected chi connectivity index (χ4v) is 7.69. The smallest absolute Gasteiger partial charge is 0.369 e. The number of alkyl halides is 3. The molecule has 0 bridgehead atoms. The Bertz CT molecular complexity index is 1860. The number of aromatic nitrogens is 3. The number of carbonyl (C=O) groups excluding carboxylic acids is 2. The summed E-state index contributed by atoms with van der Waals surface area (Å²) < 4.78 is 56.7. The van der Waals surface area contributed by atoms with Crippen molar-refractivity contribution in [3.63, 3.8) is 0 Å². The van der Waals surface area contributed by atoms with Gasteiger partial charge in [-0.1, -0.05) is 19.3 Å². The molecule has 2 aliphatic heterocycles. The molecule has 4 heterocycles. The van der Waals surface area contributed by atoms with Gasteiger partial charge >= 0.3 is 6.18 Å². The third-order valence-electron chi connectivity index (χ3n) is 10.5. The van der Waals surface area contributed by atoms with Crippen molar-refractivity contribution in [2.24, 2.45) is 16.6 Å². The van der Waals surface area contributed by atoms with E-state index in [2.05, 4.69) is 25.2 Å². The highest BCUT2D eigenvalue weighted by Crippen LogP contribution is 2.45. The first-order valence-electron chi connectivity index (χ1n) is 16.9. The zero-order valence-corrected chi connectivity index (χ0v) is 27.8. The van der Waals surface area contributed by atoms with E-state index in [9.17, 15) is 22.8 Å². The predicted molar refractivity (Wildman–Crippen MR) is 176 cm³/mol. The molecule has 2 atom stereocenters. The molecule has 1 saturated heterocycles. The van der Waals surface area contributed by atoms with Gasteiger partial charge in [-0.25, -0.2) is 19.3 Å². The highest BCUT2D eigenvalue weighted by atomic mass is 19.4. The summed E-state index contributed by atoms with van der Waals surface area (Å²) >= 11 is 0. The zero-order chi connectivity index (χ0) is 34.8. The minimum Gasteiger partial charge on any atom is -0.369 e. The second-order valence-electron chi connectivity index (χ2n) is 14.1. The number of anilines is 1. The number of piperidine rings is 1. The Hall–Kier alpha value is -4.42. The second-order valence-corrected chi connectivity index (χ2v) is 14.1. The molecule has 258 valence electrons. The molecule has 2 amide bonds. The average Bonchev–Trinajstić information content (AvgIpc) is 3.79. The third-order valence-corrected chi connectivity index (χ3v) is 10.5. The number of halogens is 4. The van der Waals surface area contributed by atoms with E-state index in [-0.39, 0.29) is 35.9 Å². The van der Waals surface area contributed by atoms with E-state index in [1.54, 1.807) is 13.8 Å². The van der Waals surface area contributed by atoms with Crippen LogP contribution in [0.2, 0.25) is 0 Å². The van der Waals surface area contributed by atoms with Gasteiger partial charge in [0.1, 0.15) is 28.7 Å². The Morgan fingerprint density at radius 3 is 2.39 bits per heavy atom. The number of nitrogens with one attached hydrogen (secondary N) is 1. The Balaban J connectivity index is 1.22. The number of hydrogen-bond donors (Lipinski definition) is 2. The Labute approximate surface area is 281 Å². The lowest BCUT2D eigenvalue weighted by atomic mass is 9.79. The standard InChI is InChI=1S/C36H39F4N7O2/c1-18-17-35(34(49)45-33(46-35)24-9-10-28(36(38,39)40)44-32(24)22-7-8-22)11-12-47(18)27-15-23(14-26(37)25(27)13-21-5-4-6-21)31-19(2)42-30(16-29(41)48)43-20(31)3/h9-10,14-15,18,21-22H,4-8,11-13,16-17H2,1-3H3,(H2,41,48)(H,45,46,49)/t18-,35+/m0/s1. The lowest BCUT2D eigenvalue weighted by molar-refractivity contribution is -0.141. The number of carbonyl (C=O) groups is 2. The van der Waals surface area contributed by atoms with Crippen molar-refractivity contribution in [2.75, 3.05) is 11.4 Å². The van der Waals surface area contributed by atoms with Crippen LogP contribution in [0.3, 0.4) is 0 Å². The second kappa shape index (κ2) is 12.2. The van der Waals surface area contributed by atoms with E-state index in [1.165, 1.54) is 12.1 Å². The van der Waals surface area contributed by atoms with E-state index in [1.807, 2.05) is 13.0 Å². The third kappa shape index (κ3) is 6.27. The van der Waals surface area contributed by atoms with E-state index >= 15 is 4.39 Å². The van der Waals surface area contributed by atoms with Crippen molar-refractivity contribution in [2.45, 2.75) is 102 Å². The molecule has 2 saturated carbocycles. The summed E-state index contributed by atoms with van der Waals surface area (Å²) in [6.07, 6.45) is 1.32. The molecule has 49 heavy (non-hydrogen) atoms. The molecule has 1 spiro atoms. The highest BCUT2D eigenvalue weighted by Gasteiger charge is 2.49. The Kier molecular flexibility index (Phi) is 8.22. The monoisotopic (exact) mass is 677 g/mol. The maximum absolute atomic E-state index is 16.2. The van der Waals surface area contributed by atoms with Gasteiger partial charge in [0.25, 0.3) is 5.91 Å². The summed E-state index contributed by atoms with van der Waals surface area (Å²) in [5.74, 6) is -0.256. The zero-order valence-electron chi connectivity index (χ0n) is 27.8. The number of rotatable bonds is 8. The van der Waals surface area contributed by atoms with Gasteiger partial charge in [-0.2, -0.15) is 13.2 Å². The summed E-state index contributed by atoms with van der Waals surface area (Å²) in [6.45, 7) is 6.01. The van der Waals surface area contributed by atoms with Gasteiger partial charge in [-0.05, 0) is 82.2 Å². The van der Waals surface area contributed by atoms with E-state index in [0.717, 1.165) is 43.9 Å². The van der Waals surface area contributed by atoms with Gasteiger partial charge in [0.2, 0.25) is 5.91 Å². The van der Waals surface area contributed by atoms with Gasteiger partial charge in [-0.15, -0.1) is 0 Å². The fourth-order valence-electron chi connectivity index (χ4n) is 7.69. The number of benzene rings is 1. The van der Waals surface area contributed by atoms with Crippen LogP contribution in [0.1, 0.15) is 97.5 Å². The molecule has 1 aromatic carbocycles. The minimum atomic E-state index is -4.57. The minimum absolute atomic E-state index is 0.0933. The van der Waals surface area contributed by atoms with Crippen molar-refractivity contribution >= 4 is 23.3 Å². The van der Waals surface area contributed by atoms with Crippen LogP contribution in [-0.2, 0) is 28.6 Å². The lowest BCUT2D eigenvalue weighted by Gasteiger charge is -2.43. The maximum atomic E-state index is 16.2. The quantitative estimate of drug-likeness (QED) is 0.288. The summed E-state index contributed by atoms with van der Waals surface area (Å²) in [6, 6.07) is 5.61. The predicted octanol–water partition coefficient (Wildman–Crippen LogP) is 5.87. The molecular formula is C36H39F4N7O2. The van der Waals surface area contributed by atoms with Gasteiger partial charge in [0.05, 0.1) is 12.1 Å². The Morgan fingerprint density at radius 1 is 1.08 bits per heavy atom. The maximum Gasteiger partial charge on any atom is 0.433 e. The van der Waals surface area contributed by atoms with Crippen molar-refractivity contribution in [1.29, 1.82) is 0 Å². The van der Waals surface area contributed by atoms with E-state index in [4.69, 9.17) is 10.7 Å². The number of amides is 2. The number of pyridine rings is 1. The van der Waals surface area contributed by atoms with Crippen LogP contribution in [0.4, 0.5) is 23.2 Å². The highest BCUT2D eigenvalue weighted by molar-refractivity contribution is 6.16. The summed E-state index contributed by atoms with van der Waals surface area (Å²) in [7, 11) is 0. The molecule has 7 rings (SSSR count). The number of nitrogens with zero attached hydrogens (tertiary/aromatic N) is 5. The molecule has 0 radical (unpaired) electrons. The molecule has 4 aliphatic rings. The first-order chi connectivity index (χ1) is 23.2. The van der Waals surface area contributed by atoms with Gasteiger partial charge < -0.3 is 16.0 Å². The molecule has 9 nitrogen and oxygen atoms in total. The molecule has 2 aliphatic carbocycles. The largest absolute Gasteiger partial charge is 0.433 e. The molecule has 3 N–H and O–H groups in total. The summed E-state index contributed by atoms with van der Waals surface area (Å²) in [5, 5.41) is 2.88. The normalized spacial score (nSPS) is 22.7. The van der Waals surface area contributed by atoms with E-state index in [0.29, 0.717) is 76.9 Å². The average molecular weight is 678 g/mol. The van der Waals surface area contributed by atoms with Gasteiger partial charge in [0, 0.05) is 58.7 Å². The van der Waals surface area contributed by atoms with Gasteiger partial charge in [0.15, 0.2) is 0 Å². The first-order valence-corrected chi connectivity index (χ1v) is 16.9. The number of primary amides is 1. The van der Waals surface area contributed by atoms with Crippen LogP contribution in [0.5, 0.6) is 0 Å². The van der Waals surface area contributed by atoms with Crippen LogP contribution in [0.25, 0.3) is 11.1 Å². The molecule has 3 fully saturated rings. The van der Waals surface area contributed by atoms with Crippen LogP contribution in [-0.4, -0.2) is 50.7 Å². The summed E-state index contributed by atoms with van der Waals surface area (Å²) in [4.78, 5) is 45.1. The molecule has 13 heteroatoms. The van der Waals surface area contributed by atoms with Crippen molar-refractivity contribution in [1.82, 2.24) is 20.3 Å². The topological polar surface area (TPSA) is 126 Å². The first kappa shape index (κ1) is 33.1. The molecule has 3 aromatic rings. The van der Waals surface area contributed by atoms with Crippen molar-refractivity contribution < 1.29 is 27.2 Å². The number of nitrogens with two attached hydrogens (primary N) is 1. The Morgan fingerprint density at radius 2 is 1.80 bits per heavy atom.